The lowest BCUT2D eigenvalue weighted by Gasteiger charge is -2.28. The fourth-order valence-electron chi connectivity index (χ4n) is 4.98. The van der Waals surface area contributed by atoms with E-state index in [1.807, 2.05) is 60.7 Å². The molecule has 8 heteroatoms. The molecule has 1 aliphatic rings. The molecule has 3 aromatic carbocycles. The zero-order chi connectivity index (χ0) is 27.7. The number of carbonyl (C=O) groups excluding carboxylic acids is 2. The highest BCUT2D eigenvalue weighted by atomic mass is 32.2. The first-order valence-corrected chi connectivity index (χ1v) is 15.0. The molecule has 4 rings (SSSR count). The Morgan fingerprint density at radius 3 is 2.10 bits per heavy atom. The lowest BCUT2D eigenvalue weighted by molar-refractivity contribution is -0.137. The lowest BCUT2D eigenvalue weighted by atomic mass is 9.92. The van der Waals surface area contributed by atoms with Gasteiger partial charge in [0.15, 0.2) is 9.84 Å². The predicted octanol–water partition coefficient (Wildman–Crippen LogP) is 4.83. The summed E-state index contributed by atoms with van der Waals surface area (Å²) in [5.41, 5.74) is 2.14. The van der Waals surface area contributed by atoms with Crippen molar-refractivity contribution in [2.45, 2.75) is 55.6 Å². The molecule has 3 atom stereocenters. The fraction of sp³-hybridized carbons (Fsp3) is 0.355. The molecule has 7 nitrogen and oxygen atoms in total. The normalized spacial score (nSPS) is 17.0. The molecule has 3 unspecified atom stereocenters. The maximum absolute atomic E-state index is 13.8. The van der Waals surface area contributed by atoms with Crippen molar-refractivity contribution in [3.05, 3.63) is 102 Å². The van der Waals surface area contributed by atoms with Crippen LogP contribution >= 0.6 is 0 Å². The number of sulfone groups is 1. The van der Waals surface area contributed by atoms with Gasteiger partial charge in [-0.1, -0.05) is 85.3 Å². The van der Waals surface area contributed by atoms with Gasteiger partial charge in [0, 0.05) is 0 Å². The van der Waals surface area contributed by atoms with E-state index in [0.717, 1.165) is 23.3 Å². The number of benzene rings is 3. The van der Waals surface area contributed by atoms with Crippen LogP contribution in [0.5, 0.6) is 0 Å². The van der Waals surface area contributed by atoms with Crippen molar-refractivity contribution in [2.75, 3.05) is 12.4 Å². The first kappa shape index (κ1) is 28.5. The second-order valence-corrected chi connectivity index (χ2v) is 12.1. The van der Waals surface area contributed by atoms with Crippen LogP contribution < -0.4 is 0 Å². The van der Waals surface area contributed by atoms with Gasteiger partial charge < -0.3 is 9.84 Å². The molecule has 206 valence electrons. The molecule has 39 heavy (non-hydrogen) atoms. The highest BCUT2D eigenvalue weighted by Gasteiger charge is 2.43. The van der Waals surface area contributed by atoms with Crippen LogP contribution in [0.15, 0.2) is 95.9 Å². The Bertz CT molecular complexity index is 1310. The Hall–Kier alpha value is -3.49. The monoisotopic (exact) mass is 549 g/mol. The van der Waals surface area contributed by atoms with Gasteiger partial charge in [-0.3, -0.25) is 4.79 Å². The van der Waals surface area contributed by atoms with Gasteiger partial charge in [0.25, 0.3) is 0 Å². The summed E-state index contributed by atoms with van der Waals surface area (Å²) in [7, 11) is -3.68. The molecular formula is C31H35NO6S. The summed E-state index contributed by atoms with van der Waals surface area (Å²) < 4.78 is 31.2. The van der Waals surface area contributed by atoms with E-state index in [0.29, 0.717) is 19.3 Å². The molecule has 1 heterocycles. The summed E-state index contributed by atoms with van der Waals surface area (Å²) in [5, 5.41) is 11.2. The van der Waals surface area contributed by atoms with Gasteiger partial charge in [0.05, 0.1) is 28.7 Å². The molecule has 0 radical (unpaired) electrons. The first-order valence-electron chi connectivity index (χ1n) is 13.4. The van der Waals surface area contributed by atoms with E-state index in [-0.39, 0.29) is 23.7 Å². The van der Waals surface area contributed by atoms with E-state index in [4.69, 9.17) is 4.74 Å². The van der Waals surface area contributed by atoms with Crippen LogP contribution in [0.3, 0.4) is 0 Å². The Morgan fingerprint density at radius 1 is 0.872 bits per heavy atom. The molecule has 3 aromatic rings. The summed E-state index contributed by atoms with van der Waals surface area (Å²) in [6, 6.07) is 27.0. The van der Waals surface area contributed by atoms with Gasteiger partial charge in [0.1, 0.15) is 6.61 Å². The third-order valence-corrected chi connectivity index (χ3v) is 8.92. The maximum atomic E-state index is 13.8. The third kappa shape index (κ3) is 7.77. The molecule has 2 amide bonds. The van der Waals surface area contributed by atoms with Crippen molar-refractivity contribution in [2.24, 2.45) is 5.92 Å². The molecule has 0 spiro atoms. The number of ether oxygens (including phenoxy) is 1. The van der Waals surface area contributed by atoms with Gasteiger partial charge in [0.2, 0.25) is 5.91 Å². The predicted molar refractivity (Wildman–Crippen MR) is 149 cm³/mol. The molecule has 1 fully saturated rings. The molecule has 1 saturated heterocycles. The summed E-state index contributed by atoms with van der Waals surface area (Å²) >= 11 is 0. The average Bonchev–Trinajstić information content (AvgIpc) is 3.32. The minimum Gasteiger partial charge on any atom is -0.447 e. The minimum atomic E-state index is -3.68. The summed E-state index contributed by atoms with van der Waals surface area (Å²) in [5.74, 6) is -1.96. The molecule has 0 aliphatic carbocycles. The number of imide groups is 1. The van der Waals surface area contributed by atoms with Gasteiger partial charge in [-0.2, -0.15) is 0 Å². The molecular weight excluding hydrogens is 514 g/mol. The van der Waals surface area contributed by atoms with Crippen LogP contribution in [-0.4, -0.2) is 54.9 Å². The summed E-state index contributed by atoms with van der Waals surface area (Å²) in [6.45, 7) is 0.0572. The average molecular weight is 550 g/mol. The SMILES string of the molecule is O=C1OCC(Cc2ccccc2)N1C(=O)C(CCS(=O)(=O)c1ccccc1)C(O)CCCCc1ccccc1. The van der Waals surface area contributed by atoms with Crippen LogP contribution in [0.2, 0.25) is 0 Å². The van der Waals surface area contributed by atoms with Crippen LogP contribution in [0.25, 0.3) is 0 Å². The van der Waals surface area contributed by atoms with E-state index in [9.17, 15) is 23.1 Å². The summed E-state index contributed by atoms with van der Waals surface area (Å²) in [4.78, 5) is 27.7. The van der Waals surface area contributed by atoms with Crippen molar-refractivity contribution in [3.8, 4) is 0 Å². The fourth-order valence-corrected chi connectivity index (χ4v) is 6.35. The van der Waals surface area contributed by atoms with Crippen molar-refractivity contribution < 1.29 is 27.9 Å². The first-order chi connectivity index (χ1) is 18.8. The number of hydrogen-bond donors (Lipinski definition) is 1. The van der Waals surface area contributed by atoms with Gasteiger partial charge in [-0.15, -0.1) is 0 Å². The van der Waals surface area contributed by atoms with E-state index in [1.165, 1.54) is 17.7 Å². The molecule has 0 bridgehead atoms. The molecule has 1 N–H and O–H groups in total. The Kier molecular flexibility index (Phi) is 9.90. The van der Waals surface area contributed by atoms with Crippen molar-refractivity contribution in [1.29, 1.82) is 0 Å². The zero-order valence-electron chi connectivity index (χ0n) is 21.9. The van der Waals surface area contributed by atoms with Crippen molar-refractivity contribution in [1.82, 2.24) is 4.90 Å². The lowest BCUT2D eigenvalue weighted by Crippen LogP contribution is -2.47. The third-order valence-electron chi connectivity index (χ3n) is 7.15. The topological polar surface area (TPSA) is 101 Å². The Labute approximate surface area is 230 Å². The highest BCUT2D eigenvalue weighted by molar-refractivity contribution is 7.91. The van der Waals surface area contributed by atoms with E-state index < -0.39 is 39.9 Å². The number of rotatable bonds is 13. The van der Waals surface area contributed by atoms with Crippen LogP contribution in [0.4, 0.5) is 4.79 Å². The number of hydrogen-bond acceptors (Lipinski definition) is 6. The van der Waals surface area contributed by atoms with Crippen LogP contribution in [-0.2, 0) is 32.2 Å². The number of unbranched alkanes of at least 4 members (excludes halogenated alkanes) is 1. The zero-order valence-corrected chi connectivity index (χ0v) is 22.7. The largest absolute Gasteiger partial charge is 0.447 e. The maximum Gasteiger partial charge on any atom is 0.416 e. The highest BCUT2D eigenvalue weighted by Crippen LogP contribution is 2.26. The minimum absolute atomic E-state index is 0.0572. The standard InChI is InChI=1S/C31H35NO6S/c33-29(19-11-10-14-24-12-4-1-5-13-24)28(20-21-39(36,37)27-17-8-3-9-18-27)30(34)32-26(23-38-31(32)35)22-25-15-6-2-7-16-25/h1-9,12-13,15-18,26,28-29,33H,10-11,14,19-23H2. The number of aryl methyl sites for hydroxylation is 1. The smallest absolute Gasteiger partial charge is 0.416 e. The number of carbonyl (C=O) groups is 2. The molecule has 1 aliphatic heterocycles. The van der Waals surface area contributed by atoms with E-state index in [2.05, 4.69) is 0 Å². The second kappa shape index (κ2) is 13.5. The summed E-state index contributed by atoms with van der Waals surface area (Å²) in [6.07, 6.45) is 1.10. The van der Waals surface area contributed by atoms with Crippen LogP contribution in [0.1, 0.15) is 36.8 Å². The molecule has 0 aromatic heterocycles. The van der Waals surface area contributed by atoms with Crippen LogP contribution in [0, 0.1) is 5.92 Å². The quantitative estimate of drug-likeness (QED) is 0.307. The van der Waals surface area contributed by atoms with Crippen molar-refractivity contribution in [3.63, 3.8) is 0 Å². The number of cyclic esters (lactones) is 1. The number of aliphatic hydroxyl groups is 1. The van der Waals surface area contributed by atoms with E-state index >= 15 is 0 Å². The van der Waals surface area contributed by atoms with E-state index in [1.54, 1.807) is 18.2 Å². The van der Waals surface area contributed by atoms with Gasteiger partial charge >= 0.3 is 6.09 Å². The van der Waals surface area contributed by atoms with Crippen molar-refractivity contribution >= 4 is 21.8 Å². The Morgan fingerprint density at radius 2 is 1.46 bits per heavy atom. The van der Waals surface area contributed by atoms with Gasteiger partial charge in [-0.25, -0.2) is 18.1 Å². The number of nitrogens with zero attached hydrogens (tertiary/aromatic N) is 1. The van der Waals surface area contributed by atoms with Gasteiger partial charge in [-0.05, 0) is 55.4 Å². The molecule has 0 saturated carbocycles. The number of amides is 2. The second-order valence-electron chi connectivity index (χ2n) is 9.95. The Balaban J connectivity index is 1.47. The number of aliphatic hydroxyl groups excluding tert-OH is 1.